The Balaban J connectivity index is 0.976. The van der Waals surface area contributed by atoms with E-state index in [4.69, 9.17) is 0 Å². The Hall–Kier alpha value is -2.63. The first kappa shape index (κ1) is 23.7. The monoisotopic (exact) mass is 489 g/mol. The van der Waals surface area contributed by atoms with E-state index in [0.717, 1.165) is 55.4 Å². The topological polar surface area (TPSA) is 60.9 Å². The molecule has 6 fully saturated rings. The zero-order valence-corrected chi connectivity index (χ0v) is 21.3. The summed E-state index contributed by atoms with van der Waals surface area (Å²) in [5.41, 5.74) is 0.923. The minimum absolute atomic E-state index is 0.0153. The third kappa shape index (κ3) is 4.59. The maximum atomic E-state index is 13.7. The number of piperidine rings is 1. The Morgan fingerprint density at radius 1 is 0.722 bits per heavy atom. The van der Waals surface area contributed by atoms with Gasteiger partial charge in [0.1, 0.15) is 0 Å². The molecule has 6 aliphatic rings. The van der Waals surface area contributed by atoms with Crippen LogP contribution < -0.4 is 0 Å². The molecular weight excluding hydrogens is 450 g/mol. The number of likely N-dealkylation sites (tertiary alicyclic amines) is 1. The largest absolute Gasteiger partial charge is 0.339 e. The average Bonchev–Trinajstić information content (AvgIpc) is 2.91. The van der Waals surface area contributed by atoms with E-state index in [0.29, 0.717) is 45.2 Å². The van der Waals surface area contributed by atoms with Crippen LogP contribution >= 0.6 is 0 Å². The lowest BCUT2D eigenvalue weighted by Gasteiger charge is -2.57. The Bertz CT molecular complexity index is 984. The van der Waals surface area contributed by atoms with Crippen LogP contribution in [0.25, 0.3) is 6.08 Å². The molecule has 2 aliphatic heterocycles. The van der Waals surface area contributed by atoms with E-state index in [-0.39, 0.29) is 23.1 Å². The standard InChI is InChI=1S/C30H39N3O3/c34-27(7-6-22-4-2-1-3-5-22)31-10-8-26(9-11-31)28(35)32-12-14-33(15-13-32)29(36)30-19-23-16-24(20-30)18-25(17-23)21-30/h1-7,23-26H,8-21H2/b7-6+. The molecule has 3 amide bonds. The molecule has 0 atom stereocenters. The third-order valence-electron chi connectivity index (χ3n) is 9.74. The summed E-state index contributed by atoms with van der Waals surface area (Å²) in [6.45, 7) is 3.89. The van der Waals surface area contributed by atoms with Crippen molar-refractivity contribution in [3.8, 4) is 0 Å². The maximum absolute atomic E-state index is 13.7. The zero-order chi connectivity index (χ0) is 24.7. The van der Waals surface area contributed by atoms with Gasteiger partial charge in [-0.15, -0.1) is 0 Å². The first-order valence-corrected chi connectivity index (χ1v) is 14.1. The number of benzene rings is 1. The first-order chi connectivity index (χ1) is 17.5. The predicted octanol–water partition coefficient (Wildman–Crippen LogP) is 3.83. The highest BCUT2D eigenvalue weighted by molar-refractivity contribution is 5.92. The van der Waals surface area contributed by atoms with Crippen LogP contribution in [0.2, 0.25) is 0 Å². The van der Waals surface area contributed by atoms with Crippen molar-refractivity contribution in [3.63, 3.8) is 0 Å². The molecule has 36 heavy (non-hydrogen) atoms. The summed E-state index contributed by atoms with van der Waals surface area (Å²) in [6, 6.07) is 9.83. The molecule has 0 radical (unpaired) electrons. The fraction of sp³-hybridized carbons (Fsp3) is 0.633. The van der Waals surface area contributed by atoms with Crippen molar-refractivity contribution in [2.45, 2.75) is 51.4 Å². The van der Waals surface area contributed by atoms with Gasteiger partial charge < -0.3 is 14.7 Å². The highest BCUT2D eigenvalue weighted by Crippen LogP contribution is 2.60. The van der Waals surface area contributed by atoms with Gasteiger partial charge in [0.25, 0.3) is 0 Å². The molecule has 192 valence electrons. The van der Waals surface area contributed by atoms with Gasteiger partial charge in [-0.2, -0.15) is 0 Å². The van der Waals surface area contributed by atoms with Gasteiger partial charge >= 0.3 is 0 Å². The fourth-order valence-electron chi connectivity index (χ4n) is 8.28. The Morgan fingerprint density at radius 2 is 1.28 bits per heavy atom. The van der Waals surface area contributed by atoms with Crippen LogP contribution in [0.5, 0.6) is 0 Å². The lowest BCUT2D eigenvalue weighted by Crippen LogP contribution is -2.59. The van der Waals surface area contributed by atoms with Crippen LogP contribution in [-0.2, 0) is 14.4 Å². The molecule has 7 rings (SSSR count). The molecule has 4 saturated carbocycles. The number of carbonyl (C=O) groups is 3. The second kappa shape index (κ2) is 9.68. The van der Waals surface area contributed by atoms with Crippen LogP contribution in [-0.4, -0.2) is 71.7 Å². The number of rotatable bonds is 4. The zero-order valence-electron chi connectivity index (χ0n) is 21.3. The van der Waals surface area contributed by atoms with Gasteiger partial charge in [-0.3, -0.25) is 14.4 Å². The average molecular weight is 490 g/mol. The van der Waals surface area contributed by atoms with E-state index in [1.165, 1.54) is 19.3 Å². The molecule has 1 aromatic rings. The van der Waals surface area contributed by atoms with Crippen molar-refractivity contribution in [3.05, 3.63) is 42.0 Å². The predicted molar refractivity (Wildman–Crippen MR) is 139 cm³/mol. The van der Waals surface area contributed by atoms with Gasteiger partial charge in [-0.25, -0.2) is 0 Å². The van der Waals surface area contributed by atoms with Crippen molar-refractivity contribution in [1.29, 1.82) is 0 Å². The fourth-order valence-corrected chi connectivity index (χ4v) is 8.28. The second-order valence-electron chi connectivity index (χ2n) is 12.2. The van der Waals surface area contributed by atoms with E-state index >= 15 is 0 Å². The maximum Gasteiger partial charge on any atom is 0.246 e. The Labute approximate surface area is 214 Å². The molecule has 6 nitrogen and oxygen atoms in total. The number of piperazine rings is 1. The highest BCUT2D eigenvalue weighted by atomic mass is 16.2. The smallest absolute Gasteiger partial charge is 0.246 e. The van der Waals surface area contributed by atoms with Gasteiger partial charge in [0.2, 0.25) is 17.7 Å². The normalized spacial score (nSPS) is 32.3. The van der Waals surface area contributed by atoms with Crippen molar-refractivity contribution in [2.75, 3.05) is 39.3 Å². The molecule has 2 saturated heterocycles. The van der Waals surface area contributed by atoms with E-state index in [2.05, 4.69) is 4.90 Å². The molecule has 0 aromatic heterocycles. The minimum Gasteiger partial charge on any atom is -0.339 e. The quantitative estimate of drug-likeness (QED) is 0.604. The lowest BCUT2D eigenvalue weighted by atomic mass is 9.49. The molecule has 0 N–H and O–H groups in total. The van der Waals surface area contributed by atoms with Crippen LogP contribution in [0.1, 0.15) is 56.9 Å². The first-order valence-electron chi connectivity index (χ1n) is 14.1. The number of carbonyl (C=O) groups excluding carboxylic acids is 3. The molecule has 1 aromatic carbocycles. The number of hydrogen-bond donors (Lipinski definition) is 0. The van der Waals surface area contributed by atoms with Gasteiger partial charge in [0.15, 0.2) is 0 Å². The molecule has 0 spiro atoms. The van der Waals surface area contributed by atoms with Crippen molar-refractivity contribution < 1.29 is 14.4 Å². The molecule has 2 heterocycles. The van der Waals surface area contributed by atoms with E-state index < -0.39 is 0 Å². The lowest BCUT2D eigenvalue weighted by molar-refractivity contribution is -0.161. The van der Waals surface area contributed by atoms with Crippen LogP contribution in [0.15, 0.2) is 36.4 Å². The second-order valence-corrected chi connectivity index (χ2v) is 12.2. The number of amides is 3. The summed E-state index contributed by atoms with van der Waals surface area (Å²) in [7, 11) is 0. The van der Waals surface area contributed by atoms with Gasteiger partial charge in [0.05, 0.1) is 5.41 Å². The number of hydrogen-bond acceptors (Lipinski definition) is 3. The van der Waals surface area contributed by atoms with Crippen LogP contribution in [0.4, 0.5) is 0 Å². The summed E-state index contributed by atoms with van der Waals surface area (Å²) in [6.07, 6.45) is 12.3. The van der Waals surface area contributed by atoms with Gasteiger partial charge in [0, 0.05) is 51.3 Å². The van der Waals surface area contributed by atoms with Gasteiger partial charge in [-0.05, 0) is 80.8 Å². The summed E-state index contributed by atoms with van der Waals surface area (Å²) in [4.78, 5) is 45.4. The molecule has 0 unspecified atom stereocenters. The van der Waals surface area contributed by atoms with Gasteiger partial charge in [-0.1, -0.05) is 30.3 Å². The molecular formula is C30H39N3O3. The van der Waals surface area contributed by atoms with Crippen LogP contribution in [0, 0.1) is 29.1 Å². The molecule has 4 bridgehead atoms. The minimum atomic E-state index is -0.0880. The van der Waals surface area contributed by atoms with E-state index in [1.807, 2.05) is 46.2 Å². The third-order valence-corrected chi connectivity index (χ3v) is 9.74. The SMILES string of the molecule is O=C(/C=C/c1ccccc1)N1CCC(C(=O)N2CCN(C(=O)C34CC5CC(CC(C5)C3)C4)CC2)CC1. The Morgan fingerprint density at radius 3 is 1.86 bits per heavy atom. The summed E-state index contributed by atoms with van der Waals surface area (Å²) < 4.78 is 0. The number of nitrogens with zero attached hydrogens (tertiary/aromatic N) is 3. The van der Waals surface area contributed by atoms with Crippen molar-refractivity contribution in [2.24, 2.45) is 29.1 Å². The van der Waals surface area contributed by atoms with E-state index in [9.17, 15) is 14.4 Å². The van der Waals surface area contributed by atoms with E-state index in [1.54, 1.807) is 6.08 Å². The van der Waals surface area contributed by atoms with Crippen molar-refractivity contribution >= 4 is 23.8 Å². The summed E-state index contributed by atoms with van der Waals surface area (Å²) >= 11 is 0. The molecule has 4 aliphatic carbocycles. The Kier molecular flexibility index (Phi) is 6.38. The van der Waals surface area contributed by atoms with Crippen molar-refractivity contribution in [1.82, 2.24) is 14.7 Å². The molecule has 6 heteroatoms. The highest BCUT2D eigenvalue weighted by Gasteiger charge is 2.55. The summed E-state index contributed by atoms with van der Waals surface area (Å²) in [5.74, 6) is 2.92. The summed E-state index contributed by atoms with van der Waals surface area (Å²) in [5, 5.41) is 0. The van der Waals surface area contributed by atoms with Crippen LogP contribution in [0.3, 0.4) is 0 Å².